The summed E-state index contributed by atoms with van der Waals surface area (Å²) >= 11 is 0. The molecule has 0 unspecified atom stereocenters. The molecule has 0 spiro atoms. The lowest BCUT2D eigenvalue weighted by molar-refractivity contribution is 1.17. The van der Waals surface area contributed by atoms with E-state index in [4.69, 9.17) is 0 Å². The summed E-state index contributed by atoms with van der Waals surface area (Å²) < 4.78 is 7.24. The van der Waals surface area contributed by atoms with Gasteiger partial charge in [-0.3, -0.25) is 0 Å². The summed E-state index contributed by atoms with van der Waals surface area (Å²) in [5, 5.41) is 7.60. The van der Waals surface area contributed by atoms with E-state index in [0.717, 1.165) is 11.4 Å². The molecule has 57 heavy (non-hydrogen) atoms. The van der Waals surface area contributed by atoms with Gasteiger partial charge in [-0.25, -0.2) is 0 Å². The number of rotatable bonds is 5. The summed E-state index contributed by atoms with van der Waals surface area (Å²) in [5.74, 6) is 0. The summed E-state index contributed by atoms with van der Waals surface area (Å²) in [6.07, 6.45) is 0. The molecule has 0 aliphatic carbocycles. The van der Waals surface area contributed by atoms with Crippen LogP contribution in [0.1, 0.15) is 0 Å². The molecule has 0 aliphatic rings. The molecule has 3 heteroatoms. The fourth-order valence-corrected chi connectivity index (χ4v) is 9.34. The van der Waals surface area contributed by atoms with Crippen LogP contribution < -0.4 is 0 Å². The number of nitrogens with zero attached hydrogens (tertiary/aromatic N) is 3. The predicted molar refractivity (Wildman–Crippen MR) is 240 cm³/mol. The van der Waals surface area contributed by atoms with Crippen molar-refractivity contribution in [1.82, 2.24) is 13.7 Å². The maximum Gasteiger partial charge on any atom is 0.0548 e. The highest BCUT2D eigenvalue weighted by Gasteiger charge is 2.20. The Morgan fingerprint density at radius 2 is 0.614 bits per heavy atom. The van der Waals surface area contributed by atoms with E-state index in [-0.39, 0.29) is 0 Å². The number of para-hydroxylation sites is 4. The summed E-state index contributed by atoms with van der Waals surface area (Å²) in [4.78, 5) is 0. The largest absolute Gasteiger partial charge is 0.309 e. The Bertz CT molecular complexity index is 3490. The second kappa shape index (κ2) is 12.5. The molecule has 3 heterocycles. The van der Waals surface area contributed by atoms with Crippen LogP contribution in [0.3, 0.4) is 0 Å². The fraction of sp³-hybridized carbons (Fsp3) is 0. The maximum absolute atomic E-state index is 2.43. The van der Waals surface area contributed by atoms with Crippen molar-refractivity contribution in [1.29, 1.82) is 0 Å². The molecule has 266 valence electrons. The van der Waals surface area contributed by atoms with Crippen LogP contribution in [0.15, 0.2) is 212 Å². The summed E-state index contributed by atoms with van der Waals surface area (Å²) in [7, 11) is 0. The Hall–Kier alpha value is -7.62. The summed E-state index contributed by atoms with van der Waals surface area (Å²) in [5.41, 5.74) is 15.5. The molecular formula is C54H35N3. The lowest BCUT2D eigenvalue weighted by Crippen LogP contribution is -1.95. The van der Waals surface area contributed by atoms with Gasteiger partial charge in [0.2, 0.25) is 0 Å². The molecule has 3 aromatic heterocycles. The molecule has 3 nitrogen and oxygen atoms in total. The first kappa shape index (κ1) is 31.7. The molecule has 0 bridgehead atoms. The van der Waals surface area contributed by atoms with Gasteiger partial charge in [0, 0.05) is 49.4 Å². The normalized spacial score (nSPS) is 11.9. The third-order valence-electron chi connectivity index (χ3n) is 11.8. The lowest BCUT2D eigenvalue weighted by atomic mass is 10.0. The first-order valence-corrected chi connectivity index (χ1v) is 19.6. The van der Waals surface area contributed by atoms with E-state index in [9.17, 15) is 0 Å². The molecule has 0 amide bonds. The van der Waals surface area contributed by atoms with Crippen molar-refractivity contribution in [3.05, 3.63) is 212 Å². The van der Waals surface area contributed by atoms with Gasteiger partial charge in [-0.2, -0.15) is 0 Å². The second-order valence-corrected chi connectivity index (χ2v) is 14.9. The lowest BCUT2D eigenvalue weighted by Gasteiger charge is -2.11. The number of fused-ring (bicyclic) bond motifs is 10. The van der Waals surface area contributed by atoms with E-state index >= 15 is 0 Å². The van der Waals surface area contributed by atoms with Gasteiger partial charge in [0.15, 0.2) is 0 Å². The minimum absolute atomic E-state index is 1.15. The molecule has 12 aromatic rings. The zero-order valence-electron chi connectivity index (χ0n) is 31.0. The monoisotopic (exact) mass is 725 g/mol. The molecule has 0 radical (unpaired) electrons. The van der Waals surface area contributed by atoms with Gasteiger partial charge in [0.05, 0.1) is 33.1 Å². The van der Waals surface area contributed by atoms with Crippen LogP contribution in [-0.2, 0) is 0 Å². The minimum Gasteiger partial charge on any atom is -0.309 e. The Balaban J connectivity index is 0.995. The van der Waals surface area contributed by atoms with E-state index in [0.29, 0.717) is 0 Å². The van der Waals surface area contributed by atoms with E-state index in [1.165, 1.54) is 93.4 Å². The van der Waals surface area contributed by atoms with Crippen LogP contribution in [0.5, 0.6) is 0 Å². The van der Waals surface area contributed by atoms with Crippen molar-refractivity contribution < 1.29 is 0 Å². The molecule has 9 aromatic carbocycles. The maximum atomic E-state index is 2.43. The molecule has 0 fully saturated rings. The highest BCUT2D eigenvalue weighted by Crippen LogP contribution is 2.43. The van der Waals surface area contributed by atoms with Crippen LogP contribution in [0.4, 0.5) is 0 Å². The van der Waals surface area contributed by atoms with Gasteiger partial charge in [-0.05, 0) is 101 Å². The molecular weight excluding hydrogens is 691 g/mol. The van der Waals surface area contributed by atoms with Crippen LogP contribution >= 0.6 is 0 Å². The number of aromatic nitrogens is 3. The van der Waals surface area contributed by atoms with Crippen molar-refractivity contribution in [2.24, 2.45) is 0 Å². The summed E-state index contributed by atoms with van der Waals surface area (Å²) in [6.45, 7) is 0. The number of benzene rings is 9. The Kier molecular flexibility index (Phi) is 6.93. The van der Waals surface area contributed by atoms with Gasteiger partial charge in [-0.1, -0.05) is 133 Å². The van der Waals surface area contributed by atoms with Crippen molar-refractivity contribution >= 4 is 65.4 Å². The molecule has 0 saturated carbocycles. The minimum atomic E-state index is 1.15. The van der Waals surface area contributed by atoms with E-state index in [2.05, 4.69) is 226 Å². The van der Waals surface area contributed by atoms with E-state index in [1.807, 2.05) is 0 Å². The van der Waals surface area contributed by atoms with Crippen molar-refractivity contribution in [3.8, 4) is 39.3 Å². The van der Waals surface area contributed by atoms with Crippen molar-refractivity contribution in [2.45, 2.75) is 0 Å². The average Bonchev–Trinajstić information content (AvgIpc) is 3.92. The Labute approximate surface area is 329 Å². The quantitative estimate of drug-likeness (QED) is 0.168. The molecule has 0 atom stereocenters. The first-order chi connectivity index (χ1) is 28.3. The summed E-state index contributed by atoms with van der Waals surface area (Å²) in [6, 6.07) is 77.3. The van der Waals surface area contributed by atoms with Crippen molar-refractivity contribution in [2.75, 3.05) is 0 Å². The molecule has 0 N–H and O–H groups in total. The van der Waals surface area contributed by atoms with Gasteiger partial charge >= 0.3 is 0 Å². The third kappa shape index (κ3) is 4.79. The predicted octanol–water partition coefficient (Wildman–Crippen LogP) is 14.3. The fourth-order valence-electron chi connectivity index (χ4n) is 9.34. The zero-order valence-corrected chi connectivity index (χ0v) is 31.0. The first-order valence-electron chi connectivity index (χ1n) is 19.6. The van der Waals surface area contributed by atoms with Gasteiger partial charge in [0.25, 0.3) is 0 Å². The van der Waals surface area contributed by atoms with Crippen LogP contribution in [0.25, 0.3) is 105 Å². The van der Waals surface area contributed by atoms with Crippen molar-refractivity contribution in [3.63, 3.8) is 0 Å². The van der Waals surface area contributed by atoms with E-state index < -0.39 is 0 Å². The second-order valence-electron chi connectivity index (χ2n) is 14.9. The molecule has 0 saturated heterocycles. The van der Waals surface area contributed by atoms with Crippen LogP contribution in [0.2, 0.25) is 0 Å². The average molecular weight is 726 g/mol. The highest BCUT2D eigenvalue weighted by molar-refractivity contribution is 6.29. The third-order valence-corrected chi connectivity index (χ3v) is 11.8. The standard InChI is InChI=1S/C54H35N3/c1-3-14-36(15-4-1)38-16-13-19-42(34-38)57-47-23-10-7-20-43(47)46-35-39(28-31-50(46)57)37-26-29-41(30-27-37)56-49-25-12-9-22-45(49)54-52(56)33-32-51-53(54)44-21-8-11-24-48(44)55(51)40-17-5-2-6-18-40/h1-35H. The van der Waals surface area contributed by atoms with Crippen LogP contribution in [-0.4, -0.2) is 13.7 Å². The highest BCUT2D eigenvalue weighted by atomic mass is 15.0. The van der Waals surface area contributed by atoms with Gasteiger partial charge in [-0.15, -0.1) is 0 Å². The molecule has 0 aliphatic heterocycles. The Morgan fingerprint density at radius 1 is 0.211 bits per heavy atom. The topological polar surface area (TPSA) is 14.8 Å². The Morgan fingerprint density at radius 3 is 1.26 bits per heavy atom. The van der Waals surface area contributed by atoms with Crippen LogP contribution in [0, 0.1) is 0 Å². The van der Waals surface area contributed by atoms with E-state index in [1.54, 1.807) is 0 Å². The number of hydrogen-bond donors (Lipinski definition) is 0. The van der Waals surface area contributed by atoms with Gasteiger partial charge < -0.3 is 13.7 Å². The zero-order chi connectivity index (χ0) is 37.5. The molecule has 12 rings (SSSR count). The number of hydrogen-bond acceptors (Lipinski definition) is 0. The van der Waals surface area contributed by atoms with Gasteiger partial charge in [0.1, 0.15) is 0 Å². The SMILES string of the molecule is c1ccc(-c2cccc(-n3c4ccccc4c4cc(-c5ccc(-n6c7ccccc7c7c8c9ccccc9n(-c9ccccc9)c8ccc76)cc5)ccc43)c2)cc1. The smallest absolute Gasteiger partial charge is 0.0548 e.